The Kier molecular flexibility index (Phi) is 11.7. The number of aromatic nitrogens is 1. The fraction of sp³-hybridized carbons (Fsp3) is 0.429. The molecule has 1 unspecified atom stereocenters. The summed E-state index contributed by atoms with van der Waals surface area (Å²) in [6, 6.07) is 16.9. The van der Waals surface area contributed by atoms with E-state index in [0.29, 0.717) is 6.04 Å². The molecule has 0 aliphatic carbocycles. The first kappa shape index (κ1) is 23.4. The van der Waals surface area contributed by atoms with Crippen molar-refractivity contribution in [2.75, 3.05) is 26.7 Å². The SMILES string of the molecule is CCNC(=NCC(C)N(C)Cc1ccccc1)NCCc1ccccn1.I. The van der Waals surface area contributed by atoms with Crippen molar-refractivity contribution in [3.63, 3.8) is 0 Å². The van der Waals surface area contributed by atoms with Crippen molar-refractivity contribution in [1.29, 1.82) is 0 Å². The van der Waals surface area contributed by atoms with Crippen LogP contribution in [0.3, 0.4) is 0 Å². The van der Waals surface area contributed by atoms with Crippen molar-refractivity contribution in [2.45, 2.75) is 32.9 Å². The Balaban J connectivity index is 0.00000364. The number of likely N-dealkylation sites (N-methyl/N-ethyl adjacent to an activating group) is 1. The normalized spacial score (nSPS) is 12.4. The molecule has 1 heterocycles. The van der Waals surface area contributed by atoms with Crippen LogP contribution in [0.5, 0.6) is 0 Å². The van der Waals surface area contributed by atoms with Gasteiger partial charge in [-0.15, -0.1) is 24.0 Å². The molecule has 0 spiro atoms. The van der Waals surface area contributed by atoms with E-state index in [1.54, 1.807) is 0 Å². The Morgan fingerprint density at radius 2 is 1.85 bits per heavy atom. The number of benzene rings is 1. The number of hydrogen-bond donors (Lipinski definition) is 2. The molecular formula is C21H32IN5. The second kappa shape index (κ2) is 13.5. The largest absolute Gasteiger partial charge is 0.357 e. The Morgan fingerprint density at radius 1 is 1.11 bits per heavy atom. The van der Waals surface area contributed by atoms with Gasteiger partial charge in [0, 0.05) is 44.0 Å². The van der Waals surface area contributed by atoms with Gasteiger partial charge in [-0.05, 0) is 38.6 Å². The minimum atomic E-state index is 0. The maximum absolute atomic E-state index is 4.74. The average molecular weight is 481 g/mol. The zero-order valence-corrected chi connectivity index (χ0v) is 18.9. The first-order valence-electron chi connectivity index (χ1n) is 9.35. The van der Waals surface area contributed by atoms with Crippen molar-refractivity contribution < 1.29 is 0 Å². The van der Waals surface area contributed by atoms with Gasteiger partial charge in [0.05, 0.1) is 6.54 Å². The Morgan fingerprint density at radius 3 is 2.52 bits per heavy atom. The monoisotopic (exact) mass is 481 g/mol. The first-order valence-corrected chi connectivity index (χ1v) is 9.35. The van der Waals surface area contributed by atoms with Gasteiger partial charge in [0.2, 0.25) is 0 Å². The summed E-state index contributed by atoms with van der Waals surface area (Å²) in [6.07, 6.45) is 2.72. The molecule has 0 bridgehead atoms. The quantitative estimate of drug-likeness (QED) is 0.328. The summed E-state index contributed by atoms with van der Waals surface area (Å²) in [5.74, 6) is 0.864. The molecule has 2 aromatic rings. The summed E-state index contributed by atoms with van der Waals surface area (Å²) in [7, 11) is 2.15. The van der Waals surface area contributed by atoms with Gasteiger partial charge < -0.3 is 10.6 Å². The Hall–Kier alpha value is -1.67. The van der Waals surface area contributed by atoms with Gasteiger partial charge in [-0.3, -0.25) is 14.9 Å². The van der Waals surface area contributed by atoms with E-state index in [1.807, 2.05) is 24.4 Å². The lowest BCUT2D eigenvalue weighted by Gasteiger charge is -2.24. The number of pyridine rings is 1. The Bertz CT molecular complexity index is 648. The molecule has 0 saturated heterocycles. The number of nitrogens with zero attached hydrogens (tertiary/aromatic N) is 3. The van der Waals surface area contributed by atoms with Gasteiger partial charge in [-0.25, -0.2) is 0 Å². The minimum Gasteiger partial charge on any atom is -0.357 e. The molecule has 1 aromatic carbocycles. The molecular weight excluding hydrogens is 449 g/mol. The molecule has 148 valence electrons. The third-order valence-corrected chi connectivity index (χ3v) is 4.28. The van der Waals surface area contributed by atoms with E-state index in [0.717, 1.165) is 44.3 Å². The standard InChI is InChI=1S/C21H31N5.HI/c1-4-22-21(24-15-13-20-12-8-9-14-23-20)25-16-18(2)26(3)17-19-10-6-5-7-11-19;/h5-12,14,18H,4,13,15-17H2,1-3H3,(H2,22,24,25);1H. The molecule has 0 saturated carbocycles. The Labute approximate surface area is 180 Å². The molecule has 0 radical (unpaired) electrons. The number of aliphatic imine (C=N–C) groups is 1. The summed E-state index contributed by atoms with van der Waals surface area (Å²) in [5, 5.41) is 6.71. The molecule has 1 atom stereocenters. The molecule has 2 N–H and O–H groups in total. The van der Waals surface area contributed by atoms with Crippen LogP contribution in [-0.2, 0) is 13.0 Å². The third-order valence-electron chi connectivity index (χ3n) is 4.28. The third kappa shape index (κ3) is 9.19. The van der Waals surface area contributed by atoms with Crippen LogP contribution >= 0.6 is 24.0 Å². The minimum absolute atomic E-state index is 0. The van der Waals surface area contributed by atoms with E-state index in [4.69, 9.17) is 4.99 Å². The van der Waals surface area contributed by atoms with Crippen LogP contribution in [0.4, 0.5) is 0 Å². The van der Waals surface area contributed by atoms with E-state index in [-0.39, 0.29) is 24.0 Å². The molecule has 0 fully saturated rings. The molecule has 0 amide bonds. The molecule has 0 aliphatic heterocycles. The highest BCUT2D eigenvalue weighted by atomic mass is 127. The number of halogens is 1. The van der Waals surface area contributed by atoms with Gasteiger partial charge in [0.1, 0.15) is 0 Å². The lowest BCUT2D eigenvalue weighted by molar-refractivity contribution is 0.255. The fourth-order valence-corrected chi connectivity index (χ4v) is 2.59. The lowest BCUT2D eigenvalue weighted by Crippen LogP contribution is -2.40. The summed E-state index contributed by atoms with van der Waals surface area (Å²) in [4.78, 5) is 11.4. The van der Waals surface area contributed by atoms with E-state index < -0.39 is 0 Å². The van der Waals surface area contributed by atoms with Crippen molar-refractivity contribution in [3.8, 4) is 0 Å². The van der Waals surface area contributed by atoms with Crippen molar-refractivity contribution in [2.24, 2.45) is 4.99 Å². The highest BCUT2D eigenvalue weighted by Crippen LogP contribution is 2.06. The van der Waals surface area contributed by atoms with Crippen LogP contribution in [0.25, 0.3) is 0 Å². The van der Waals surface area contributed by atoms with Crippen molar-refractivity contribution in [3.05, 3.63) is 66.0 Å². The number of guanidine groups is 1. The second-order valence-electron chi connectivity index (χ2n) is 6.47. The highest BCUT2D eigenvalue weighted by molar-refractivity contribution is 14.0. The molecule has 27 heavy (non-hydrogen) atoms. The van der Waals surface area contributed by atoms with E-state index in [9.17, 15) is 0 Å². The summed E-state index contributed by atoms with van der Waals surface area (Å²) >= 11 is 0. The smallest absolute Gasteiger partial charge is 0.191 e. The predicted octanol–water partition coefficient (Wildman–Crippen LogP) is 3.32. The molecule has 1 aromatic heterocycles. The maximum atomic E-state index is 4.74. The van der Waals surface area contributed by atoms with Crippen LogP contribution in [0.2, 0.25) is 0 Å². The fourth-order valence-electron chi connectivity index (χ4n) is 2.59. The van der Waals surface area contributed by atoms with Gasteiger partial charge in [-0.2, -0.15) is 0 Å². The lowest BCUT2D eigenvalue weighted by atomic mass is 10.2. The van der Waals surface area contributed by atoms with Crippen LogP contribution in [0, 0.1) is 0 Å². The van der Waals surface area contributed by atoms with Crippen molar-refractivity contribution in [1.82, 2.24) is 20.5 Å². The molecule has 6 heteroatoms. The van der Waals surface area contributed by atoms with Gasteiger partial charge >= 0.3 is 0 Å². The molecule has 5 nitrogen and oxygen atoms in total. The van der Waals surface area contributed by atoms with Gasteiger partial charge in [0.15, 0.2) is 5.96 Å². The predicted molar refractivity (Wildman–Crippen MR) is 125 cm³/mol. The second-order valence-corrected chi connectivity index (χ2v) is 6.47. The van der Waals surface area contributed by atoms with Crippen LogP contribution in [0.1, 0.15) is 25.1 Å². The average Bonchev–Trinajstić information content (AvgIpc) is 2.67. The number of hydrogen-bond acceptors (Lipinski definition) is 3. The van der Waals surface area contributed by atoms with Crippen LogP contribution in [0.15, 0.2) is 59.7 Å². The first-order chi connectivity index (χ1) is 12.7. The molecule has 0 aliphatic rings. The van der Waals surface area contributed by atoms with E-state index in [1.165, 1.54) is 5.56 Å². The van der Waals surface area contributed by atoms with Gasteiger partial charge in [-0.1, -0.05) is 36.4 Å². The highest BCUT2D eigenvalue weighted by Gasteiger charge is 2.09. The molecule has 2 rings (SSSR count). The zero-order valence-electron chi connectivity index (χ0n) is 16.6. The van der Waals surface area contributed by atoms with Crippen molar-refractivity contribution >= 4 is 29.9 Å². The topological polar surface area (TPSA) is 52.6 Å². The zero-order chi connectivity index (χ0) is 18.6. The van der Waals surface area contributed by atoms with Gasteiger partial charge in [0.25, 0.3) is 0 Å². The maximum Gasteiger partial charge on any atom is 0.191 e. The summed E-state index contributed by atoms with van der Waals surface area (Å²) < 4.78 is 0. The summed E-state index contributed by atoms with van der Waals surface area (Å²) in [5.41, 5.74) is 2.41. The summed E-state index contributed by atoms with van der Waals surface area (Å²) in [6.45, 7) is 7.65. The van der Waals surface area contributed by atoms with Crippen LogP contribution < -0.4 is 10.6 Å². The van der Waals surface area contributed by atoms with Crippen LogP contribution in [-0.4, -0.2) is 48.6 Å². The number of rotatable bonds is 9. The number of nitrogens with one attached hydrogen (secondary N) is 2. The van der Waals surface area contributed by atoms with E-state index >= 15 is 0 Å². The van der Waals surface area contributed by atoms with E-state index in [2.05, 4.69) is 71.7 Å².